The van der Waals surface area contributed by atoms with Gasteiger partial charge in [-0.1, -0.05) is 55.8 Å². The molecule has 2 aromatic carbocycles. The van der Waals surface area contributed by atoms with E-state index >= 15 is 0 Å². The predicted molar refractivity (Wildman–Crippen MR) is 90.7 cm³/mol. The second-order valence-corrected chi connectivity index (χ2v) is 6.25. The van der Waals surface area contributed by atoms with E-state index in [-0.39, 0.29) is 5.41 Å². The minimum Gasteiger partial charge on any atom is -0.493 e. The van der Waals surface area contributed by atoms with Gasteiger partial charge in [-0.25, -0.2) is 0 Å². The maximum Gasteiger partial charge on any atom is 0.161 e. The van der Waals surface area contributed by atoms with Crippen LogP contribution < -0.4 is 9.47 Å². The Morgan fingerprint density at radius 2 is 1.59 bits per heavy atom. The lowest BCUT2D eigenvalue weighted by atomic mass is 9.82. The molecule has 0 atom stereocenters. The molecule has 0 saturated heterocycles. The van der Waals surface area contributed by atoms with Crippen molar-refractivity contribution in [3.63, 3.8) is 0 Å². The van der Waals surface area contributed by atoms with Gasteiger partial charge in [-0.15, -0.1) is 0 Å². The summed E-state index contributed by atoms with van der Waals surface area (Å²) in [6.07, 6.45) is 3.26. The van der Waals surface area contributed by atoms with Crippen molar-refractivity contribution in [1.82, 2.24) is 0 Å². The number of allylic oxidation sites excluding steroid dienone is 1. The largest absolute Gasteiger partial charge is 0.493 e. The van der Waals surface area contributed by atoms with Crippen molar-refractivity contribution in [2.45, 2.75) is 25.7 Å². The fraction of sp³-hybridized carbons (Fsp3) is 0.300. The number of fused-ring (bicyclic) bond motifs is 1. The van der Waals surface area contributed by atoms with E-state index in [0.29, 0.717) is 0 Å². The molecule has 0 radical (unpaired) electrons. The smallest absolute Gasteiger partial charge is 0.161 e. The Bertz CT molecular complexity index is 712. The highest BCUT2D eigenvalue weighted by atomic mass is 16.5. The van der Waals surface area contributed by atoms with Crippen LogP contribution in [0.2, 0.25) is 0 Å². The lowest BCUT2D eigenvalue weighted by Gasteiger charge is -2.23. The van der Waals surface area contributed by atoms with E-state index in [1.807, 2.05) is 6.07 Å². The van der Waals surface area contributed by atoms with Gasteiger partial charge < -0.3 is 9.47 Å². The molecule has 2 aromatic rings. The molecule has 2 nitrogen and oxygen atoms in total. The van der Waals surface area contributed by atoms with Crippen molar-refractivity contribution >= 4 is 6.08 Å². The molecule has 0 heterocycles. The van der Waals surface area contributed by atoms with Crippen LogP contribution in [0.15, 0.2) is 48.0 Å². The van der Waals surface area contributed by atoms with E-state index in [1.165, 1.54) is 22.3 Å². The first-order valence-electron chi connectivity index (χ1n) is 7.57. The van der Waals surface area contributed by atoms with E-state index < -0.39 is 0 Å². The predicted octanol–water partition coefficient (Wildman–Crippen LogP) is 4.62. The topological polar surface area (TPSA) is 18.5 Å². The van der Waals surface area contributed by atoms with Gasteiger partial charge in [0.15, 0.2) is 11.5 Å². The van der Waals surface area contributed by atoms with E-state index in [9.17, 15) is 0 Å². The van der Waals surface area contributed by atoms with E-state index in [1.54, 1.807) is 14.2 Å². The van der Waals surface area contributed by atoms with Crippen molar-refractivity contribution in [2.75, 3.05) is 14.2 Å². The lowest BCUT2D eigenvalue weighted by Crippen LogP contribution is -2.15. The van der Waals surface area contributed by atoms with Crippen molar-refractivity contribution < 1.29 is 9.47 Å². The van der Waals surface area contributed by atoms with Crippen LogP contribution in [0.4, 0.5) is 0 Å². The van der Waals surface area contributed by atoms with Crippen molar-refractivity contribution in [2.24, 2.45) is 0 Å². The zero-order valence-corrected chi connectivity index (χ0v) is 13.6. The normalized spacial score (nSPS) is 17.4. The summed E-state index contributed by atoms with van der Waals surface area (Å²) < 4.78 is 10.9. The standard InChI is InChI=1S/C20H22O2/c1-20(2)16(10-14-8-6-5-7-9-14)11-15-12-18(21-3)19(22-4)13-17(15)20/h5-10,12-13H,11H2,1-4H3. The van der Waals surface area contributed by atoms with Gasteiger partial charge in [-0.2, -0.15) is 0 Å². The molecule has 1 aliphatic rings. The average molecular weight is 294 g/mol. The van der Waals surface area contributed by atoms with Gasteiger partial charge in [0.25, 0.3) is 0 Å². The number of benzene rings is 2. The molecule has 0 spiro atoms. The van der Waals surface area contributed by atoms with Gasteiger partial charge in [-0.3, -0.25) is 0 Å². The van der Waals surface area contributed by atoms with Crippen LogP contribution >= 0.6 is 0 Å². The minimum absolute atomic E-state index is 0.00469. The number of hydrogen-bond donors (Lipinski definition) is 0. The molecule has 0 bridgehead atoms. The molecular weight excluding hydrogens is 272 g/mol. The summed E-state index contributed by atoms with van der Waals surface area (Å²) in [6, 6.07) is 14.7. The van der Waals surface area contributed by atoms with Gasteiger partial charge in [0.05, 0.1) is 14.2 Å². The summed E-state index contributed by atoms with van der Waals surface area (Å²) in [7, 11) is 3.37. The van der Waals surface area contributed by atoms with Crippen LogP contribution in [0.1, 0.15) is 30.5 Å². The highest BCUT2D eigenvalue weighted by Crippen LogP contribution is 2.47. The second-order valence-electron chi connectivity index (χ2n) is 6.25. The second kappa shape index (κ2) is 5.53. The molecular formula is C20H22O2. The number of hydrogen-bond acceptors (Lipinski definition) is 2. The summed E-state index contributed by atoms with van der Waals surface area (Å²) in [5, 5.41) is 0. The Kier molecular flexibility index (Phi) is 3.69. The van der Waals surface area contributed by atoms with Gasteiger partial charge >= 0.3 is 0 Å². The number of methoxy groups -OCH3 is 2. The first kappa shape index (κ1) is 14.7. The first-order chi connectivity index (χ1) is 10.6. The summed E-state index contributed by atoms with van der Waals surface area (Å²) in [5.41, 5.74) is 5.32. The molecule has 0 amide bonds. The Morgan fingerprint density at radius 1 is 0.955 bits per heavy atom. The maximum atomic E-state index is 5.46. The Hall–Kier alpha value is -2.22. The molecule has 2 heteroatoms. The molecule has 0 unspecified atom stereocenters. The molecule has 22 heavy (non-hydrogen) atoms. The minimum atomic E-state index is 0.00469. The SMILES string of the molecule is COc1cc2c(cc1OC)C(C)(C)C(=Cc1ccccc1)C2. The first-order valence-corrected chi connectivity index (χ1v) is 7.57. The number of rotatable bonds is 3. The Labute approximate surface area is 132 Å². The molecule has 0 aromatic heterocycles. The summed E-state index contributed by atoms with van der Waals surface area (Å²) in [5.74, 6) is 1.60. The van der Waals surface area contributed by atoms with Crippen LogP contribution in [-0.2, 0) is 11.8 Å². The summed E-state index contributed by atoms with van der Waals surface area (Å²) in [6.45, 7) is 4.55. The van der Waals surface area contributed by atoms with Crippen LogP contribution in [0.25, 0.3) is 6.08 Å². The molecule has 3 rings (SSSR count). The van der Waals surface area contributed by atoms with Crippen molar-refractivity contribution in [3.8, 4) is 11.5 Å². The van der Waals surface area contributed by atoms with Gasteiger partial charge in [0.1, 0.15) is 0 Å². The van der Waals surface area contributed by atoms with Crippen molar-refractivity contribution in [1.29, 1.82) is 0 Å². The van der Waals surface area contributed by atoms with E-state index in [0.717, 1.165) is 17.9 Å². The highest BCUT2D eigenvalue weighted by molar-refractivity contribution is 5.65. The quantitative estimate of drug-likeness (QED) is 0.822. The Morgan fingerprint density at radius 3 is 2.23 bits per heavy atom. The van der Waals surface area contributed by atoms with Crippen LogP contribution in [0.5, 0.6) is 11.5 Å². The fourth-order valence-corrected chi connectivity index (χ4v) is 3.23. The van der Waals surface area contributed by atoms with Crippen LogP contribution in [0, 0.1) is 0 Å². The summed E-state index contributed by atoms with van der Waals surface area (Å²) in [4.78, 5) is 0. The van der Waals surface area contributed by atoms with Crippen LogP contribution in [-0.4, -0.2) is 14.2 Å². The molecule has 114 valence electrons. The third-order valence-corrected chi connectivity index (χ3v) is 4.61. The molecule has 1 aliphatic carbocycles. The van der Waals surface area contributed by atoms with Crippen molar-refractivity contribution in [3.05, 3.63) is 64.7 Å². The molecule has 0 aliphatic heterocycles. The zero-order valence-electron chi connectivity index (χ0n) is 13.6. The highest BCUT2D eigenvalue weighted by Gasteiger charge is 2.35. The monoisotopic (exact) mass is 294 g/mol. The molecule has 0 saturated carbocycles. The van der Waals surface area contributed by atoms with E-state index in [2.05, 4.69) is 56.3 Å². The Balaban J connectivity index is 2.07. The van der Waals surface area contributed by atoms with Gasteiger partial charge in [0, 0.05) is 5.41 Å². The zero-order chi connectivity index (χ0) is 15.7. The maximum absolute atomic E-state index is 5.46. The molecule has 0 N–H and O–H groups in total. The molecule has 0 fully saturated rings. The van der Waals surface area contributed by atoms with Gasteiger partial charge in [-0.05, 0) is 35.2 Å². The summed E-state index contributed by atoms with van der Waals surface area (Å²) >= 11 is 0. The van der Waals surface area contributed by atoms with Gasteiger partial charge in [0.2, 0.25) is 0 Å². The number of ether oxygens (including phenoxy) is 2. The lowest BCUT2D eigenvalue weighted by molar-refractivity contribution is 0.354. The van der Waals surface area contributed by atoms with Crippen LogP contribution in [0.3, 0.4) is 0 Å². The third kappa shape index (κ3) is 2.39. The fourth-order valence-electron chi connectivity index (χ4n) is 3.23. The van der Waals surface area contributed by atoms with E-state index in [4.69, 9.17) is 9.47 Å². The average Bonchev–Trinajstić information content (AvgIpc) is 2.77. The third-order valence-electron chi connectivity index (χ3n) is 4.61.